The highest BCUT2D eigenvalue weighted by Crippen LogP contribution is 2.22. The second-order valence-electron chi connectivity index (χ2n) is 4.53. The molecule has 1 aromatic rings. The molecule has 0 saturated heterocycles. The maximum atomic E-state index is 11.7. The monoisotopic (exact) mass is 256 g/mol. The van der Waals surface area contributed by atoms with Crippen LogP contribution in [0.5, 0.6) is 0 Å². The van der Waals surface area contributed by atoms with Gasteiger partial charge in [0.05, 0.1) is 0 Å². The predicted molar refractivity (Wildman–Crippen MR) is 65.5 cm³/mol. The molecule has 0 radical (unpaired) electrons. The molecule has 94 valence electrons. The Morgan fingerprint density at radius 2 is 2.24 bits per heavy atom. The minimum absolute atomic E-state index is 0.150. The van der Waals surface area contributed by atoms with E-state index < -0.39 is 5.97 Å². The van der Waals surface area contributed by atoms with Crippen molar-refractivity contribution in [3.05, 3.63) is 20.2 Å². The van der Waals surface area contributed by atoms with Crippen LogP contribution in [0.4, 0.5) is 0 Å². The molecule has 1 aliphatic rings. The van der Waals surface area contributed by atoms with Crippen LogP contribution >= 0.6 is 11.3 Å². The Bertz CT molecular complexity index is 489. The molecular formula is C11H16N2O3S. The molecule has 1 N–H and O–H groups in total. The molecule has 0 aromatic carbocycles. The van der Waals surface area contributed by atoms with Crippen molar-refractivity contribution < 1.29 is 9.90 Å². The molecule has 0 amide bonds. The number of rotatable bonds is 3. The number of nitrogens with zero attached hydrogens (tertiary/aromatic N) is 2. The zero-order valence-electron chi connectivity index (χ0n) is 9.97. The van der Waals surface area contributed by atoms with Crippen molar-refractivity contribution in [2.45, 2.75) is 39.4 Å². The summed E-state index contributed by atoms with van der Waals surface area (Å²) in [5.41, 5.74) is 0.916. The van der Waals surface area contributed by atoms with Gasteiger partial charge in [-0.15, -0.1) is 0 Å². The van der Waals surface area contributed by atoms with Crippen molar-refractivity contribution in [1.29, 1.82) is 0 Å². The van der Waals surface area contributed by atoms with Crippen LogP contribution in [0.15, 0.2) is 4.79 Å². The highest BCUT2D eigenvalue weighted by molar-refractivity contribution is 7.09. The van der Waals surface area contributed by atoms with Gasteiger partial charge in [0.2, 0.25) is 0 Å². The first kappa shape index (κ1) is 12.3. The number of aliphatic carboxylic acids is 1. The molecule has 17 heavy (non-hydrogen) atoms. The van der Waals surface area contributed by atoms with Crippen molar-refractivity contribution in [2.24, 2.45) is 0 Å². The van der Waals surface area contributed by atoms with Gasteiger partial charge in [0, 0.05) is 36.1 Å². The van der Waals surface area contributed by atoms with Crippen molar-refractivity contribution >= 4 is 17.3 Å². The third-order valence-electron chi connectivity index (χ3n) is 3.08. The molecule has 0 bridgehead atoms. The van der Waals surface area contributed by atoms with E-state index in [-0.39, 0.29) is 11.4 Å². The van der Waals surface area contributed by atoms with Gasteiger partial charge in [-0.3, -0.25) is 19.1 Å². The van der Waals surface area contributed by atoms with Crippen molar-refractivity contribution in [3.8, 4) is 0 Å². The van der Waals surface area contributed by atoms with E-state index in [1.165, 1.54) is 15.9 Å². The van der Waals surface area contributed by atoms with E-state index in [9.17, 15) is 9.59 Å². The summed E-state index contributed by atoms with van der Waals surface area (Å²) in [5.74, 6) is -0.959. The number of carboxylic acids is 1. The van der Waals surface area contributed by atoms with Gasteiger partial charge in [-0.25, -0.2) is 0 Å². The summed E-state index contributed by atoms with van der Waals surface area (Å²) in [6.07, 6.45) is 0.763. The molecular weight excluding hydrogens is 240 g/mol. The normalized spacial score (nSPS) is 16.2. The van der Waals surface area contributed by atoms with E-state index in [0.29, 0.717) is 6.04 Å². The number of hydrogen-bond acceptors (Lipinski definition) is 4. The largest absolute Gasteiger partial charge is 0.480 e. The van der Waals surface area contributed by atoms with Crippen LogP contribution in [0.3, 0.4) is 0 Å². The van der Waals surface area contributed by atoms with Gasteiger partial charge >= 0.3 is 10.8 Å². The average Bonchev–Trinajstić information content (AvgIpc) is 2.54. The minimum Gasteiger partial charge on any atom is -0.480 e. The van der Waals surface area contributed by atoms with Crippen LogP contribution in [0.2, 0.25) is 0 Å². The van der Waals surface area contributed by atoms with Crippen LogP contribution in [0, 0.1) is 0 Å². The molecule has 2 heterocycles. The number of fused-ring (bicyclic) bond motifs is 1. The predicted octanol–water partition coefficient (Wildman–Crippen LogP) is 0.761. The zero-order chi connectivity index (χ0) is 12.6. The van der Waals surface area contributed by atoms with Gasteiger partial charge in [-0.1, -0.05) is 11.3 Å². The van der Waals surface area contributed by atoms with Gasteiger partial charge in [0.25, 0.3) is 0 Å². The molecule has 0 spiro atoms. The van der Waals surface area contributed by atoms with E-state index in [2.05, 4.69) is 18.7 Å². The third kappa shape index (κ3) is 2.42. The summed E-state index contributed by atoms with van der Waals surface area (Å²) in [4.78, 5) is 25.6. The first-order chi connectivity index (χ1) is 7.99. The van der Waals surface area contributed by atoms with Crippen molar-refractivity contribution in [3.63, 3.8) is 0 Å². The fraction of sp³-hybridized carbons (Fsp3) is 0.636. The summed E-state index contributed by atoms with van der Waals surface area (Å²) >= 11 is 1.18. The van der Waals surface area contributed by atoms with Gasteiger partial charge in [-0.2, -0.15) is 0 Å². The fourth-order valence-corrected chi connectivity index (χ4v) is 3.18. The van der Waals surface area contributed by atoms with E-state index in [4.69, 9.17) is 5.11 Å². The lowest BCUT2D eigenvalue weighted by atomic mass is 10.1. The summed E-state index contributed by atoms with van der Waals surface area (Å²) < 4.78 is 1.40. The first-order valence-electron chi connectivity index (χ1n) is 5.66. The summed E-state index contributed by atoms with van der Waals surface area (Å²) in [7, 11) is 0. The number of hydrogen-bond donors (Lipinski definition) is 1. The Kier molecular flexibility index (Phi) is 3.35. The summed E-state index contributed by atoms with van der Waals surface area (Å²) in [6, 6.07) is 0.452. The van der Waals surface area contributed by atoms with Gasteiger partial charge in [0.1, 0.15) is 6.54 Å². The average molecular weight is 256 g/mol. The third-order valence-corrected chi connectivity index (χ3v) is 4.09. The molecule has 0 aliphatic carbocycles. The number of thiazole rings is 1. The SMILES string of the molecule is CC(C)N1CCc2c(sc(=O)n2CC(=O)O)C1. The van der Waals surface area contributed by atoms with E-state index in [1.54, 1.807) is 0 Å². The van der Waals surface area contributed by atoms with Crippen LogP contribution < -0.4 is 4.87 Å². The summed E-state index contributed by atoms with van der Waals surface area (Å²) in [5, 5.41) is 8.79. The molecule has 2 rings (SSSR count). The highest BCUT2D eigenvalue weighted by Gasteiger charge is 2.24. The second kappa shape index (κ2) is 4.62. The lowest BCUT2D eigenvalue weighted by Gasteiger charge is -2.30. The van der Waals surface area contributed by atoms with Gasteiger partial charge < -0.3 is 5.11 Å². The Balaban J connectivity index is 2.30. The lowest BCUT2D eigenvalue weighted by Crippen LogP contribution is -2.36. The zero-order valence-corrected chi connectivity index (χ0v) is 10.8. The highest BCUT2D eigenvalue weighted by atomic mass is 32.1. The van der Waals surface area contributed by atoms with E-state index >= 15 is 0 Å². The smallest absolute Gasteiger partial charge is 0.323 e. The molecule has 0 fully saturated rings. The number of carboxylic acid groups (broad SMARTS) is 1. The maximum Gasteiger partial charge on any atom is 0.323 e. The second-order valence-corrected chi connectivity index (χ2v) is 5.58. The maximum absolute atomic E-state index is 11.7. The van der Waals surface area contributed by atoms with Crippen LogP contribution in [-0.2, 0) is 24.3 Å². The van der Waals surface area contributed by atoms with Crippen LogP contribution in [0.25, 0.3) is 0 Å². The molecule has 1 aliphatic heterocycles. The molecule has 0 saturated carbocycles. The molecule has 5 nitrogen and oxygen atoms in total. The van der Waals surface area contributed by atoms with Crippen LogP contribution in [0.1, 0.15) is 24.4 Å². The topological polar surface area (TPSA) is 62.5 Å². The number of aromatic nitrogens is 1. The Morgan fingerprint density at radius 3 is 2.82 bits per heavy atom. The lowest BCUT2D eigenvalue weighted by molar-refractivity contribution is -0.137. The molecule has 1 aromatic heterocycles. The standard InChI is InChI=1S/C11H16N2O3S/c1-7(2)12-4-3-8-9(5-12)17-11(16)13(8)6-10(14)15/h7H,3-6H2,1-2H3,(H,14,15). The Hall–Kier alpha value is -1.14. The summed E-state index contributed by atoms with van der Waals surface area (Å²) in [6.45, 7) is 5.69. The quantitative estimate of drug-likeness (QED) is 0.867. The first-order valence-corrected chi connectivity index (χ1v) is 6.48. The fourth-order valence-electron chi connectivity index (χ4n) is 2.13. The van der Waals surface area contributed by atoms with Crippen LogP contribution in [-0.4, -0.2) is 33.1 Å². The van der Waals surface area contributed by atoms with E-state index in [1.807, 2.05) is 0 Å². The van der Waals surface area contributed by atoms with E-state index in [0.717, 1.165) is 30.1 Å². The number of carbonyl (C=O) groups is 1. The molecule has 6 heteroatoms. The van der Waals surface area contributed by atoms with Gasteiger partial charge in [-0.05, 0) is 13.8 Å². The van der Waals surface area contributed by atoms with Crippen molar-refractivity contribution in [1.82, 2.24) is 9.47 Å². The Labute approximate surface area is 103 Å². The van der Waals surface area contributed by atoms with Gasteiger partial charge in [0.15, 0.2) is 0 Å². The molecule has 0 atom stereocenters. The Morgan fingerprint density at radius 1 is 1.53 bits per heavy atom. The minimum atomic E-state index is -0.959. The molecule has 0 unspecified atom stereocenters. The van der Waals surface area contributed by atoms with Crippen molar-refractivity contribution in [2.75, 3.05) is 6.54 Å².